The van der Waals surface area contributed by atoms with Crippen LogP contribution in [0.25, 0.3) is 6.08 Å². The maximum absolute atomic E-state index is 12.9. The van der Waals surface area contributed by atoms with Crippen LogP contribution in [-0.2, 0) is 35.4 Å². The van der Waals surface area contributed by atoms with Crippen molar-refractivity contribution in [2.24, 2.45) is 5.92 Å². The van der Waals surface area contributed by atoms with Gasteiger partial charge in [0.25, 0.3) is 0 Å². The van der Waals surface area contributed by atoms with Crippen molar-refractivity contribution in [3.05, 3.63) is 35.4 Å². The molecule has 1 aliphatic heterocycles. The number of aliphatic hydroxyl groups excluding tert-OH is 1. The molecule has 0 saturated carbocycles. The highest BCUT2D eigenvalue weighted by molar-refractivity contribution is 8.13. The Labute approximate surface area is 225 Å². The minimum Gasteiger partial charge on any atom is -0.463 e. The predicted octanol–water partition coefficient (Wildman–Crippen LogP) is 2.34. The van der Waals surface area contributed by atoms with E-state index in [2.05, 4.69) is 4.84 Å². The summed E-state index contributed by atoms with van der Waals surface area (Å²) in [6.07, 6.45) is 4.73. The number of nitrogens with zero attached hydrogens (tertiary/aromatic N) is 2. The molecule has 38 heavy (non-hydrogen) atoms. The van der Waals surface area contributed by atoms with Crippen LogP contribution < -0.4 is 4.74 Å². The number of hydrogen-bond donors (Lipinski definition) is 3. The van der Waals surface area contributed by atoms with E-state index in [9.17, 15) is 24.3 Å². The van der Waals surface area contributed by atoms with E-state index in [1.807, 2.05) is 0 Å². The summed E-state index contributed by atoms with van der Waals surface area (Å²) in [5.74, 6) is -1.31. The van der Waals surface area contributed by atoms with E-state index in [4.69, 9.17) is 19.9 Å². The fraction of sp³-hybridized carbons (Fsp3) is 0.520. The molecule has 12 nitrogen and oxygen atoms in total. The number of likely N-dealkylation sites (tertiary alicyclic amines) is 1. The topological polar surface area (TPSA) is 163 Å². The van der Waals surface area contributed by atoms with Crippen LogP contribution in [0.5, 0.6) is 5.75 Å². The Morgan fingerprint density at radius 2 is 1.95 bits per heavy atom. The third kappa shape index (κ3) is 10.5. The Balaban J connectivity index is 1.92. The van der Waals surface area contributed by atoms with Crippen LogP contribution in [0.4, 0.5) is 0 Å². The first-order chi connectivity index (χ1) is 18.1. The first-order valence-corrected chi connectivity index (χ1v) is 13.2. The number of carbonyl (C=O) groups is 4. The van der Waals surface area contributed by atoms with Crippen LogP contribution in [-0.4, -0.2) is 80.3 Å². The monoisotopic (exact) mass is 554 g/mol. The number of ether oxygens (including phenoxy) is 2. The molecule has 0 aliphatic carbocycles. The van der Waals surface area contributed by atoms with E-state index >= 15 is 0 Å². The number of carbonyl (C=O) groups excluding carboxylic acids is 4. The minimum atomic E-state index is -0.744. The van der Waals surface area contributed by atoms with Gasteiger partial charge in [-0.1, -0.05) is 24.8 Å². The number of hydrogen-bond acceptors (Lipinski definition) is 12. The SMILES string of the molecule is CC(=O)SC[C@@H](C)C(=O)N1CCC[C@H]1C(=O)Oc1ccc(/C=C/C(=O)OCCCCON(O)O)cc1CO. The summed E-state index contributed by atoms with van der Waals surface area (Å²) in [6, 6.07) is 3.94. The summed E-state index contributed by atoms with van der Waals surface area (Å²) in [5.41, 5.74) is 0.900. The first kappa shape index (κ1) is 31.4. The van der Waals surface area contributed by atoms with Gasteiger partial charge in [0.1, 0.15) is 11.8 Å². The Kier molecular flexibility index (Phi) is 13.4. The lowest BCUT2D eigenvalue weighted by Gasteiger charge is -2.26. The summed E-state index contributed by atoms with van der Waals surface area (Å²) in [5, 5.41) is 26.2. The minimum absolute atomic E-state index is 0.0513. The van der Waals surface area contributed by atoms with Crippen LogP contribution in [0.3, 0.4) is 0 Å². The van der Waals surface area contributed by atoms with Gasteiger partial charge in [0.15, 0.2) is 5.12 Å². The van der Waals surface area contributed by atoms with Gasteiger partial charge in [-0.3, -0.25) is 24.8 Å². The molecule has 2 rings (SSSR count). The van der Waals surface area contributed by atoms with Gasteiger partial charge < -0.3 is 19.5 Å². The van der Waals surface area contributed by atoms with Gasteiger partial charge in [0.05, 0.1) is 25.2 Å². The number of esters is 2. The Morgan fingerprint density at radius 3 is 2.63 bits per heavy atom. The third-order valence-corrected chi connectivity index (χ3v) is 6.71. The van der Waals surface area contributed by atoms with Crippen molar-refractivity contribution in [1.82, 2.24) is 10.3 Å². The van der Waals surface area contributed by atoms with E-state index in [1.165, 1.54) is 30.0 Å². The number of unbranched alkanes of at least 4 members (excludes halogenated alkanes) is 1. The lowest BCUT2D eigenvalue weighted by Crippen LogP contribution is -2.45. The molecular weight excluding hydrogens is 520 g/mol. The van der Waals surface area contributed by atoms with E-state index in [-0.39, 0.29) is 35.4 Å². The lowest BCUT2D eigenvalue weighted by molar-refractivity contribution is -0.492. The molecule has 0 aromatic heterocycles. The summed E-state index contributed by atoms with van der Waals surface area (Å²) in [4.78, 5) is 54.7. The van der Waals surface area contributed by atoms with Crippen LogP contribution in [0, 0.1) is 5.92 Å². The quantitative estimate of drug-likeness (QED) is 0.101. The molecule has 1 heterocycles. The molecule has 1 saturated heterocycles. The molecule has 1 aromatic carbocycles. The normalized spacial score (nSPS) is 16.2. The van der Waals surface area contributed by atoms with E-state index < -0.39 is 30.5 Å². The molecule has 13 heteroatoms. The number of thioether (sulfide) groups is 1. The van der Waals surface area contributed by atoms with Crippen LogP contribution >= 0.6 is 11.8 Å². The van der Waals surface area contributed by atoms with Gasteiger partial charge in [0.2, 0.25) is 5.91 Å². The van der Waals surface area contributed by atoms with E-state index in [1.54, 1.807) is 19.1 Å². The summed E-state index contributed by atoms with van der Waals surface area (Å²) in [7, 11) is 0. The number of benzene rings is 1. The highest BCUT2D eigenvalue weighted by atomic mass is 32.2. The maximum Gasteiger partial charge on any atom is 0.334 e. The van der Waals surface area contributed by atoms with E-state index in [0.717, 1.165) is 11.8 Å². The summed E-state index contributed by atoms with van der Waals surface area (Å²) in [6.45, 7) is 3.35. The average molecular weight is 555 g/mol. The van der Waals surface area contributed by atoms with Crippen LogP contribution in [0.2, 0.25) is 0 Å². The molecule has 0 unspecified atom stereocenters. The molecule has 0 radical (unpaired) electrons. The van der Waals surface area contributed by atoms with Gasteiger partial charge >= 0.3 is 11.9 Å². The van der Waals surface area contributed by atoms with Crippen molar-refractivity contribution in [2.75, 3.05) is 25.5 Å². The fourth-order valence-electron chi connectivity index (χ4n) is 3.71. The number of aliphatic hydroxyl groups is 1. The van der Waals surface area contributed by atoms with Crippen molar-refractivity contribution < 1.29 is 49.0 Å². The molecule has 1 amide bonds. The zero-order valence-electron chi connectivity index (χ0n) is 21.4. The third-order valence-electron chi connectivity index (χ3n) is 5.63. The number of rotatable bonds is 14. The fourth-order valence-corrected chi connectivity index (χ4v) is 4.34. The van der Waals surface area contributed by atoms with Gasteiger partial charge in [-0.2, -0.15) is 0 Å². The molecule has 1 aliphatic rings. The second-order valence-electron chi connectivity index (χ2n) is 8.63. The van der Waals surface area contributed by atoms with Crippen molar-refractivity contribution in [3.8, 4) is 5.75 Å². The molecule has 3 N–H and O–H groups in total. The lowest BCUT2D eigenvalue weighted by atomic mass is 10.1. The number of amides is 1. The highest BCUT2D eigenvalue weighted by Crippen LogP contribution is 2.26. The second-order valence-corrected chi connectivity index (χ2v) is 9.83. The van der Waals surface area contributed by atoms with Gasteiger partial charge in [-0.05, 0) is 49.5 Å². The highest BCUT2D eigenvalue weighted by Gasteiger charge is 2.37. The Bertz CT molecular complexity index is 1000. The first-order valence-electron chi connectivity index (χ1n) is 12.2. The van der Waals surface area contributed by atoms with Crippen LogP contribution in [0.15, 0.2) is 24.3 Å². The van der Waals surface area contributed by atoms with Crippen molar-refractivity contribution >= 4 is 40.8 Å². The average Bonchev–Trinajstić information content (AvgIpc) is 3.38. The Hall–Kier alpha value is -2.81. The molecule has 2 atom stereocenters. The molecule has 0 spiro atoms. The zero-order chi connectivity index (χ0) is 28.1. The summed E-state index contributed by atoms with van der Waals surface area (Å²) < 4.78 is 10.6. The van der Waals surface area contributed by atoms with Crippen LogP contribution in [0.1, 0.15) is 50.7 Å². The largest absolute Gasteiger partial charge is 0.463 e. The second kappa shape index (κ2) is 16.2. The zero-order valence-corrected chi connectivity index (χ0v) is 22.2. The molecule has 1 aromatic rings. The molecule has 210 valence electrons. The molecule has 1 fully saturated rings. The molecule has 0 bridgehead atoms. The van der Waals surface area contributed by atoms with Gasteiger partial charge in [-0.25, -0.2) is 9.59 Å². The molecular formula is C25H34N2O10S. The van der Waals surface area contributed by atoms with Crippen molar-refractivity contribution in [1.29, 1.82) is 0 Å². The van der Waals surface area contributed by atoms with Gasteiger partial charge in [-0.15, -0.1) is 0 Å². The van der Waals surface area contributed by atoms with Crippen molar-refractivity contribution in [3.63, 3.8) is 0 Å². The van der Waals surface area contributed by atoms with Gasteiger partial charge in [0, 0.05) is 36.8 Å². The maximum atomic E-state index is 12.9. The van der Waals surface area contributed by atoms with Crippen molar-refractivity contribution in [2.45, 2.75) is 52.2 Å². The Morgan fingerprint density at radius 1 is 1.21 bits per heavy atom. The van der Waals surface area contributed by atoms with E-state index in [0.29, 0.717) is 49.1 Å². The summed E-state index contributed by atoms with van der Waals surface area (Å²) >= 11 is 1.07. The standard InChI is InChI=1S/C25H34N2O10S/c1-17(16-38-18(2)29)24(31)26-11-5-6-21(26)25(32)37-22-9-7-19(14-20(22)15-28)8-10-23(30)35-12-3-4-13-36-27(33)34/h7-10,14,17,21,28,33-34H,3-6,11-13,15-16H2,1-2H3/b10-8+/t17-,21+/m1/s1. The smallest absolute Gasteiger partial charge is 0.334 e. The predicted molar refractivity (Wildman–Crippen MR) is 136 cm³/mol.